The standard InChI is InChI=1S/C22H23FN2O5S/c1-3-28-20-10-9-19(13-21(20)29-4-2)31(26,27)25-15-16-8-11-22(24-14-16)30-18-7-5-6-17(23)12-18/h5-14,25H,3-4,15H2,1-2H3. The number of ether oxygens (including phenoxy) is 3. The summed E-state index contributed by atoms with van der Waals surface area (Å²) in [7, 11) is -3.78. The van der Waals surface area contributed by atoms with Crippen LogP contribution in [0.25, 0.3) is 0 Å². The van der Waals surface area contributed by atoms with Crippen LogP contribution in [0.1, 0.15) is 19.4 Å². The molecule has 3 aromatic rings. The summed E-state index contributed by atoms with van der Waals surface area (Å²) in [6.07, 6.45) is 1.49. The van der Waals surface area contributed by atoms with E-state index in [-0.39, 0.29) is 17.3 Å². The zero-order valence-electron chi connectivity index (χ0n) is 17.2. The zero-order valence-corrected chi connectivity index (χ0v) is 18.0. The Bertz CT molecular complexity index is 1120. The minimum absolute atomic E-state index is 0.0345. The molecule has 7 nitrogen and oxygen atoms in total. The summed E-state index contributed by atoms with van der Waals surface area (Å²) >= 11 is 0. The molecular weight excluding hydrogens is 423 g/mol. The van der Waals surface area contributed by atoms with Crippen LogP contribution < -0.4 is 18.9 Å². The average Bonchev–Trinajstić information content (AvgIpc) is 2.75. The Morgan fingerprint density at radius 3 is 2.42 bits per heavy atom. The largest absolute Gasteiger partial charge is 0.490 e. The van der Waals surface area contributed by atoms with Gasteiger partial charge in [-0.1, -0.05) is 12.1 Å². The molecule has 0 saturated heterocycles. The normalized spacial score (nSPS) is 11.2. The molecule has 1 aromatic heterocycles. The second-order valence-corrected chi connectivity index (χ2v) is 8.13. The number of pyridine rings is 1. The van der Waals surface area contributed by atoms with Gasteiger partial charge in [-0.2, -0.15) is 0 Å². The fraction of sp³-hybridized carbons (Fsp3) is 0.227. The summed E-state index contributed by atoms with van der Waals surface area (Å²) in [6, 6.07) is 13.4. The van der Waals surface area contributed by atoms with E-state index in [1.165, 1.54) is 36.5 Å². The fourth-order valence-corrected chi connectivity index (χ4v) is 3.72. The van der Waals surface area contributed by atoms with Gasteiger partial charge in [0.2, 0.25) is 15.9 Å². The van der Waals surface area contributed by atoms with Gasteiger partial charge in [0.05, 0.1) is 18.1 Å². The second-order valence-electron chi connectivity index (χ2n) is 6.36. The summed E-state index contributed by atoms with van der Waals surface area (Å²) in [5, 5.41) is 0. The molecule has 1 N–H and O–H groups in total. The van der Waals surface area contributed by atoms with Crippen molar-refractivity contribution in [3.63, 3.8) is 0 Å². The molecule has 0 radical (unpaired) electrons. The Hall–Kier alpha value is -3.17. The van der Waals surface area contributed by atoms with Gasteiger partial charge in [0, 0.05) is 30.9 Å². The van der Waals surface area contributed by atoms with Crippen molar-refractivity contribution in [3.05, 3.63) is 72.2 Å². The van der Waals surface area contributed by atoms with E-state index in [4.69, 9.17) is 14.2 Å². The van der Waals surface area contributed by atoms with Crippen LogP contribution in [-0.2, 0) is 16.6 Å². The molecule has 3 rings (SSSR count). The molecule has 164 valence electrons. The van der Waals surface area contributed by atoms with E-state index in [2.05, 4.69) is 9.71 Å². The van der Waals surface area contributed by atoms with Crippen LogP contribution in [0.15, 0.2) is 65.7 Å². The van der Waals surface area contributed by atoms with Gasteiger partial charge in [-0.3, -0.25) is 0 Å². The molecule has 1 heterocycles. The second kappa shape index (κ2) is 10.2. The molecule has 0 aliphatic carbocycles. The molecule has 0 amide bonds. The number of hydrogen-bond acceptors (Lipinski definition) is 6. The third kappa shape index (κ3) is 6.16. The molecule has 2 aromatic carbocycles. The number of hydrogen-bond donors (Lipinski definition) is 1. The molecule has 0 atom stereocenters. The lowest BCUT2D eigenvalue weighted by atomic mass is 10.3. The average molecular weight is 447 g/mol. The Morgan fingerprint density at radius 2 is 1.74 bits per heavy atom. The monoisotopic (exact) mass is 446 g/mol. The van der Waals surface area contributed by atoms with Crippen molar-refractivity contribution >= 4 is 10.0 Å². The van der Waals surface area contributed by atoms with Crippen LogP contribution in [-0.4, -0.2) is 26.6 Å². The van der Waals surface area contributed by atoms with Gasteiger partial charge in [0.15, 0.2) is 11.5 Å². The molecule has 0 aliphatic rings. The van der Waals surface area contributed by atoms with Crippen molar-refractivity contribution in [2.75, 3.05) is 13.2 Å². The van der Waals surface area contributed by atoms with Crippen LogP contribution in [0.2, 0.25) is 0 Å². The fourth-order valence-electron chi connectivity index (χ4n) is 2.69. The predicted octanol–water partition coefficient (Wildman–Crippen LogP) is 4.29. The van der Waals surface area contributed by atoms with E-state index in [0.29, 0.717) is 36.0 Å². The maximum atomic E-state index is 13.2. The number of benzene rings is 2. The van der Waals surface area contributed by atoms with Gasteiger partial charge in [-0.05, 0) is 43.7 Å². The van der Waals surface area contributed by atoms with Gasteiger partial charge in [-0.25, -0.2) is 22.5 Å². The Balaban J connectivity index is 1.66. The highest BCUT2D eigenvalue weighted by molar-refractivity contribution is 7.89. The van der Waals surface area contributed by atoms with Crippen molar-refractivity contribution < 1.29 is 27.0 Å². The number of sulfonamides is 1. The maximum Gasteiger partial charge on any atom is 0.241 e. The molecule has 0 aliphatic heterocycles. The highest BCUT2D eigenvalue weighted by atomic mass is 32.2. The first-order valence-electron chi connectivity index (χ1n) is 9.69. The molecule has 0 spiro atoms. The summed E-state index contributed by atoms with van der Waals surface area (Å²) in [4.78, 5) is 4.20. The van der Waals surface area contributed by atoms with Gasteiger partial charge in [0.1, 0.15) is 11.6 Å². The molecule has 0 saturated carbocycles. The topological polar surface area (TPSA) is 86.8 Å². The third-order valence-corrected chi connectivity index (χ3v) is 5.51. The van der Waals surface area contributed by atoms with Crippen molar-refractivity contribution in [3.8, 4) is 23.1 Å². The van der Waals surface area contributed by atoms with E-state index in [0.717, 1.165) is 0 Å². The lowest BCUT2D eigenvalue weighted by molar-refractivity contribution is 0.287. The van der Waals surface area contributed by atoms with E-state index < -0.39 is 15.8 Å². The number of aromatic nitrogens is 1. The third-order valence-electron chi connectivity index (χ3n) is 4.11. The van der Waals surface area contributed by atoms with Crippen molar-refractivity contribution in [2.24, 2.45) is 0 Å². The first kappa shape index (κ1) is 22.5. The van der Waals surface area contributed by atoms with Gasteiger partial charge >= 0.3 is 0 Å². The molecule has 31 heavy (non-hydrogen) atoms. The Labute approximate surface area is 180 Å². The van der Waals surface area contributed by atoms with Crippen LogP contribution in [0.3, 0.4) is 0 Å². The van der Waals surface area contributed by atoms with Crippen LogP contribution >= 0.6 is 0 Å². The van der Waals surface area contributed by atoms with Gasteiger partial charge < -0.3 is 14.2 Å². The van der Waals surface area contributed by atoms with Gasteiger partial charge in [-0.15, -0.1) is 0 Å². The van der Waals surface area contributed by atoms with Crippen molar-refractivity contribution in [1.82, 2.24) is 9.71 Å². The van der Waals surface area contributed by atoms with E-state index in [1.807, 2.05) is 13.8 Å². The molecule has 0 fully saturated rings. The summed E-state index contributed by atoms with van der Waals surface area (Å²) in [5.41, 5.74) is 0.631. The van der Waals surface area contributed by atoms with Crippen molar-refractivity contribution in [2.45, 2.75) is 25.3 Å². The molecule has 9 heteroatoms. The molecular formula is C22H23FN2O5S. The highest BCUT2D eigenvalue weighted by Gasteiger charge is 2.17. The summed E-state index contributed by atoms with van der Waals surface area (Å²) < 4.78 is 57.6. The molecule has 0 unspecified atom stereocenters. The van der Waals surface area contributed by atoms with Crippen LogP contribution in [0.4, 0.5) is 4.39 Å². The first-order chi connectivity index (χ1) is 14.9. The number of halogens is 1. The Morgan fingerprint density at radius 1 is 0.968 bits per heavy atom. The van der Waals surface area contributed by atoms with Crippen LogP contribution in [0.5, 0.6) is 23.1 Å². The smallest absolute Gasteiger partial charge is 0.241 e. The minimum atomic E-state index is -3.78. The number of rotatable bonds is 10. The van der Waals surface area contributed by atoms with E-state index >= 15 is 0 Å². The van der Waals surface area contributed by atoms with Crippen LogP contribution in [0, 0.1) is 5.82 Å². The number of nitrogens with one attached hydrogen (secondary N) is 1. The predicted molar refractivity (Wildman–Crippen MR) is 114 cm³/mol. The Kier molecular flexibility index (Phi) is 7.43. The summed E-state index contributed by atoms with van der Waals surface area (Å²) in [6.45, 7) is 4.50. The van der Waals surface area contributed by atoms with E-state index in [1.54, 1.807) is 24.3 Å². The minimum Gasteiger partial charge on any atom is -0.490 e. The summed E-state index contributed by atoms with van der Waals surface area (Å²) in [5.74, 6) is 1.03. The SMILES string of the molecule is CCOc1ccc(S(=O)(=O)NCc2ccc(Oc3cccc(F)c3)nc2)cc1OCC. The van der Waals surface area contributed by atoms with Crippen molar-refractivity contribution in [1.29, 1.82) is 0 Å². The number of nitrogens with zero attached hydrogens (tertiary/aromatic N) is 1. The lowest BCUT2D eigenvalue weighted by Gasteiger charge is -2.13. The molecule has 0 bridgehead atoms. The highest BCUT2D eigenvalue weighted by Crippen LogP contribution is 2.30. The lowest BCUT2D eigenvalue weighted by Crippen LogP contribution is -2.23. The first-order valence-corrected chi connectivity index (χ1v) is 11.2. The van der Waals surface area contributed by atoms with Gasteiger partial charge in [0.25, 0.3) is 0 Å². The maximum absolute atomic E-state index is 13.2. The zero-order chi connectivity index (χ0) is 22.3. The quantitative estimate of drug-likeness (QED) is 0.500. The van der Waals surface area contributed by atoms with E-state index in [9.17, 15) is 12.8 Å².